The van der Waals surface area contributed by atoms with E-state index in [1.54, 1.807) is 22.2 Å². The number of aryl methyl sites for hydroxylation is 1. The first-order valence-corrected chi connectivity index (χ1v) is 7.11. The molecule has 0 saturated carbocycles. The predicted molar refractivity (Wildman–Crippen MR) is 75.5 cm³/mol. The fourth-order valence-corrected chi connectivity index (χ4v) is 2.87. The topological polar surface area (TPSA) is 52.7 Å². The van der Waals surface area contributed by atoms with Crippen molar-refractivity contribution in [1.82, 2.24) is 19.3 Å². The normalized spacial score (nSPS) is 11.2. The van der Waals surface area contributed by atoms with Crippen LogP contribution in [0.4, 0.5) is 0 Å². The van der Waals surface area contributed by atoms with E-state index < -0.39 is 0 Å². The Kier molecular flexibility index (Phi) is 3.16. The monoisotopic (exact) mass is 274 g/mol. The summed E-state index contributed by atoms with van der Waals surface area (Å²) in [5.41, 5.74) is 0.0322. The molecular formula is C13H14N4OS. The summed E-state index contributed by atoms with van der Waals surface area (Å²) in [5, 5.41) is 6.89. The molecule has 3 heterocycles. The van der Waals surface area contributed by atoms with E-state index in [1.807, 2.05) is 28.4 Å². The Balaban J connectivity index is 1.98. The van der Waals surface area contributed by atoms with E-state index in [-0.39, 0.29) is 5.56 Å². The highest BCUT2D eigenvalue weighted by Crippen LogP contribution is 2.16. The highest BCUT2D eigenvalue weighted by Gasteiger charge is 2.08. The van der Waals surface area contributed by atoms with Crippen LogP contribution in [0.3, 0.4) is 0 Å². The maximum atomic E-state index is 12.3. The Morgan fingerprint density at radius 2 is 2.26 bits per heavy atom. The summed E-state index contributed by atoms with van der Waals surface area (Å²) < 4.78 is 4.56. The number of nitrogens with zero attached hydrogens (tertiary/aromatic N) is 4. The summed E-state index contributed by atoms with van der Waals surface area (Å²) in [6, 6.07) is 3.84. The second-order valence-corrected chi connectivity index (χ2v) is 5.29. The Bertz CT molecular complexity index is 755. The van der Waals surface area contributed by atoms with Gasteiger partial charge in [-0.3, -0.25) is 4.79 Å². The molecule has 0 aliphatic carbocycles. The van der Waals surface area contributed by atoms with Crippen molar-refractivity contribution in [2.45, 2.75) is 26.4 Å². The summed E-state index contributed by atoms with van der Waals surface area (Å²) in [5.74, 6) is 0.818. The molecule has 0 aromatic carbocycles. The van der Waals surface area contributed by atoms with Gasteiger partial charge in [0, 0.05) is 17.4 Å². The van der Waals surface area contributed by atoms with E-state index in [4.69, 9.17) is 0 Å². The zero-order valence-electron chi connectivity index (χ0n) is 10.6. The van der Waals surface area contributed by atoms with E-state index in [9.17, 15) is 4.79 Å². The third kappa shape index (κ3) is 2.19. The summed E-state index contributed by atoms with van der Waals surface area (Å²) in [6.45, 7) is 3.38. The van der Waals surface area contributed by atoms with Crippen LogP contribution in [0.15, 0.2) is 34.8 Å². The largest absolute Gasteiger partial charge is 0.307 e. The van der Waals surface area contributed by atoms with Gasteiger partial charge >= 0.3 is 0 Å². The van der Waals surface area contributed by atoms with Crippen LogP contribution in [0, 0.1) is 0 Å². The molecule has 3 aromatic heterocycles. The van der Waals surface area contributed by atoms with E-state index in [0.717, 1.165) is 28.9 Å². The van der Waals surface area contributed by atoms with Gasteiger partial charge in [-0.1, -0.05) is 6.92 Å². The van der Waals surface area contributed by atoms with Gasteiger partial charge in [0.2, 0.25) is 0 Å². The molecule has 0 aliphatic rings. The summed E-state index contributed by atoms with van der Waals surface area (Å²) in [6.07, 6.45) is 4.36. The first kappa shape index (κ1) is 12.1. The van der Waals surface area contributed by atoms with Crippen LogP contribution in [0.1, 0.15) is 19.2 Å². The molecular weight excluding hydrogens is 260 g/mol. The smallest absolute Gasteiger partial charge is 0.259 e. The summed E-state index contributed by atoms with van der Waals surface area (Å²) in [4.78, 5) is 16.5. The Labute approximate surface area is 114 Å². The number of rotatable bonds is 4. The fraction of sp³-hybridized carbons (Fsp3) is 0.308. The maximum absolute atomic E-state index is 12.3. The number of pyridine rings is 1. The molecule has 0 saturated heterocycles. The van der Waals surface area contributed by atoms with E-state index >= 15 is 0 Å². The zero-order chi connectivity index (χ0) is 13.2. The minimum atomic E-state index is 0.0322. The molecule has 0 bridgehead atoms. The van der Waals surface area contributed by atoms with Crippen molar-refractivity contribution in [2.75, 3.05) is 0 Å². The molecule has 0 amide bonds. The molecule has 0 atom stereocenters. The molecule has 0 fully saturated rings. The van der Waals surface area contributed by atoms with Crippen molar-refractivity contribution in [2.24, 2.45) is 0 Å². The van der Waals surface area contributed by atoms with Crippen molar-refractivity contribution in [3.63, 3.8) is 0 Å². The van der Waals surface area contributed by atoms with Crippen LogP contribution in [-0.4, -0.2) is 19.3 Å². The van der Waals surface area contributed by atoms with Gasteiger partial charge in [-0.15, -0.1) is 11.3 Å². The fourth-order valence-electron chi connectivity index (χ4n) is 2.09. The average molecular weight is 274 g/mol. The summed E-state index contributed by atoms with van der Waals surface area (Å²) in [7, 11) is 0. The predicted octanol–water partition coefficient (Wildman–Crippen LogP) is 2.11. The Morgan fingerprint density at radius 1 is 1.37 bits per heavy atom. The number of hydrogen-bond donors (Lipinski definition) is 0. The van der Waals surface area contributed by atoms with Gasteiger partial charge in [-0.2, -0.15) is 5.10 Å². The van der Waals surface area contributed by atoms with Crippen LogP contribution in [-0.2, 0) is 13.1 Å². The van der Waals surface area contributed by atoms with Crippen LogP contribution in [0.2, 0.25) is 0 Å². The molecule has 5 nitrogen and oxygen atoms in total. The number of aromatic nitrogens is 4. The van der Waals surface area contributed by atoms with Crippen LogP contribution in [0.25, 0.3) is 10.1 Å². The Hall–Kier alpha value is -1.95. The van der Waals surface area contributed by atoms with Crippen molar-refractivity contribution in [3.05, 3.63) is 46.2 Å². The van der Waals surface area contributed by atoms with Gasteiger partial charge in [-0.05, 0) is 23.9 Å². The number of fused-ring (bicyclic) bond motifs is 1. The number of hydrogen-bond acceptors (Lipinski definition) is 4. The van der Waals surface area contributed by atoms with Gasteiger partial charge in [-0.25, -0.2) is 9.67 Å². The van der Waals surface area contributed by atoms with Crippen molar-refractivity contribution >= 4 is 21.4 Å². The molecule has 3 aromatic rings. The highest BCUT2D eigenvalue weighted by molar-refractivity contribution is 7.17. The van der Waals surface area contributed by atoms with Gasteiger partial charge in [0.25, 0.3) is 5.56 Å². The molecule has 0 unspecified atom stereocenters. The lowest BCUT2D eigenvalue weighted by molar-refractivity contribution is 0.551. The van der Waals surface area contributed by atoms with E-state index in [1.165, 1.54) is 0 Å². The van der Waals surface area contributed by atoms with E-state index in [0.29, 0.717) is 6.54 Å². The first-order chi connectivity index (χ1) is 9.29. The third-order valence-corrected chi connectivity index (χ3v) is 3.92. The lowest BCUT2D eigenvalue weighted by Gasteiger charge is -2.07. The minimum absolute atomic E-state index is 0.0322. The van der Waals surface area contributed by atoms with Gasteiger partial charge in [0.1, 0.15) is 12.2 Å². The second-order valence-electron chi connectivity index (χ2n) is 4.35. The highest BCUT2D eigenvalue weighted by atomic mass is 32.1. The van der Waals surface area contributed by atoms with Crippen molar-refractivity contribution in [3.8, 4) is 0 Å². The summed E-state index contributed by atoms with van der Waals surface area (Å²) >= 11 is 1.58. The van der Waals surface area contributed by atoms with Crippen LogP contribution < -0.4 is 5.56 Å². The maximum Gasteiger partial charge on any atom is 0.259 e. The zero-order valence-corrected chi connectivity index (χ0v) is 11.4. The van der Waals surface area contributed by atoms with E-state index in [2.05, 4.69) is 17.0 Å². The Morgan fingerprint density at radius 3 is 3.11 bits per heavy atom. The molecule has 0 aliphatic heterocycles. The molecule has 0 N–H and O–H groups in total. The lowest BCUT2D eigenvalue weighted by Crippen LogP contribution is -2.21. The molecule has 6 heteroatoms. The second kappa shape index (κ2) is 4.97. The van der Waals surface area contributed by atoms with Crippen molar-refractivity contribution in [1.29, 1.82) is 0 Å². The van der Waals surface area contributed by atoms with Crippen LogP contribution in [0.5, 0.6) is 0 Å². The SMILES string of the molecule is CCCn1ncnc1Cn1ccc2sccc2c1=O. The molecule has 98 valence electrons. The van der Waals surface area contributed by atoms with Gasteiger partial charge < -0.3 is 4.57 Å². The van der Waals surface area contributed by atoms with Gasteiger partial charge in [0.05, 0.1) is 11.9 Å². The molecule has 19 heavy (non-hydrogen) atoms. The molecule has 0 radical (unpaired) electrons. The number of thiophene rings is 1. The lowest BCUT2D eigenvalue weighted by atomic mass is 10.3. The van der Waals surface area contributed by atoms with Crippen LogP contribution >= 0.6 is 11.3 Å². The quantitative estimate of drug-likeness (QED) is 0.732. The van der Waals surface area contributed by atoms with Crippen molar-refractivity contribution < 1.29 is 0 Å². The standard InChI is InChI=1S/C13H14N4OS/c1-2-5-17-12(14-9-15-17)8-16-6-3-11-10(13(16)18)4-7-19-11/h3-4,6-7,9H,2,5,8H2,1H3. The third-order valence-electron chi connectivity index (χ3n) is 3.04. The van der Waals surface area contributed by atoms with Gasteiger partial charge in [0.15, 0.2) is 0 Å². The first-order valence-electron chi connectivity index (χ1n) is 6.23. The molecule has 0 spiro atoms. The molecule has 3 rings (SSSR count). The minimum Gasteiger partial charge on any atom is -0.307 e. The average Bonchev–Trinajstić information content (AvgIpc) is 3.03.